The predicted octanol–water partition coefficient (Wildman–Crippen LogP) is 2.65. The maximum Gasteiger partial charge on any atom is 0.340 e. The largest absolute Gasteiger partial charge is 0.472 e. The quantitative estimate of drug-likeness (QED) is 0.179. The summed E-state index contributed by atoms with van der Waals surface area (Å²) in [5.74, 6) is -8.43. The lowest BCUT2D eigenvalue weighted by Crippen LogP contribution is -2.85. The van der Waals surface area contributed by atoms with Crippen LogP contribution >= 0.6 is 0 Å². The molecule has 0 radical (unpaired) electrons. The van der Waals surface area contributed by atoms with E-state index in [1.54, 1.807) is 51.3 Å². The maximum absolute atomic E-state index is 15.6. The molecular weight excluding hydrogens is 652 g/mol. The summed E-state index contributed by atoms with van der Waals surface area (Å²) in [6.45, 7) is 7.41. The average Bonchev–Trinajstić information content (AvgIpc) is 3.41. The van der Waals surface area contributed by atoms with Gasteiger partial charge in [-0.2, -0.15) is 0 Å². The van der Waals surface area contributed by atoms with Crippen molar-refractivity contribution in [3.63, 3.8) is 0 Å². The fourth-order valence-electron chi connectivity index (χ4n) is 11.9. The molecule has 1 aromatic carbocycles. The zero-order valence-electron chi connectivity index (χ0n) is 28.5. The summed E-state index contributed by atoms with van der Waals surface area (Å²) in [7, 11) is 0. The molecule has 14 atom stereocenters. The number of benzene rings is 1. The molecule has 1 spiro atoms. The van der Waals surface area contributed by atoms with Gasteiger partial charge in [0, 0.05) is 43.9 Å². The Bertz CT molecular complexity index is 1760. The summed E-state index contributed by atoms with van der Waals surface area (Å²) in [6.07, 6.45) is -3.45. The molecule has 2 aromatic rings. The highest BCUT2D eigenvalue weighted by atomic mass is 16.7. The van der Waals surface area contributed by atoms with E-state index >= 15 is 4.79 Å². The van der Waals surface area contributed by atoms with Crippen LogP contribution in [-0.2, 0) is 38.1 Å². The molecule has 13 heteroatoms. The van der Waals surface area contributed by atoms with Crippen LogP contribution in [0.25, 0.3) is 0 Å². The molecule has 4 saturated carbocycles. The number of Topliss-reactive ketones (excluding diaryl/α,β-unsaturated/α-hetero) is 1. The van der Waals surface area contributed by atoms with E-state index in [9.17, 15) is 29.7 Å². The SMILES string of the molecule is CC(=O)O[C@@H]1C[C@H](O)[C@]23[C@H](O)OC[C@@]1(C)[C@H]2C[C@@](O)(OC(=O)c1ccccc1)[C@@]1(C)[C@@H]3C(=O)[C@H](OC(C)=O)[C@@]2(C)[C@H](c3ccoc3)C[C@H]3O[C@@]321. The number of aliphatic hydroxyl groups is 3. The van der Waals surface area contributed by atoms with E-state index in [4.69, 9.17) is 28.1 Å². The van der Waals surface area contributed by atoms with Crippen molar-refractivity contribution in [2.24, 2.45) is 33.5 Å². The zero-order valence-corrected chi connectivity index (χ0v) is 28.5. The number of ketones is 1. The summed E-state index contributed by atoms with van der Waals surface area (Å²) in [5, 5.41) is 37.7. The van der Waals surface area contributed by atoms with Crippen molar-refractivity contribution in [3.05, 3.63) is 60.1 Å². The van der Waals surface area contributed by atoms with Crippen molar-refractivity contribution in [2.45, 2.75) is 102 Å². The molecule has 2 aliphatic heterocycles. The van der Waals surface area contributed by atoms with Crippen molar-refractivity contribution in [1.29, 1.82) is 0 Å². The van der Waals surface area contributed by atoms with Gasteiger partial charge in [-0.05, 0) is 43.0 Å². The van der Waals surface area contributed by atoms with Crippen LogP contribution in [0.2, 0.25) is 0 Å². The number of carbonyl (C=O) groups excluding carboxylic acids is 4. The summed E-state index contributed by atoms with van der Waals surface area (Å²) in [5.41, 5.74) is -6.88. The molecule has 0 amide bonds. The van der Waals surface area contributed by atoms with E-state index in [2.05, 4.69) is 0 Å². The molecule has 4 aliphatic carbocycles. The normalized spacial score (nSPS) is 48.3. The van der Waals surface area contributed by atoms with Crippen LogP contribution in [0.15, 0.2) is 53.3 Å². The summed E-state index contributed by atoms with van der Waals surface area (Å²) >= 11 is 0. The number of fused-ring (bicyclic) bond motifs is 1. The lowest BCUT2D eigenvalue weighted by atomic mass is 9.32. The lowest BCUT2D eigenvalue weighted by Gasteiger charge is -2.74. The molecule has 3 N–H and O–H groups in total. The maximum atomic E-state index is 15.6. The second-order valence-corrected chi connectivity index (χ2v) is 15.8. The molecule has 6 fully saturated rings. The average molecular weight is 695 g/mol. The molecular formula is C37H42O13. The molecule has 268 valence electrons. The Morgan fingerprint density at radius 3 is 2.30 bits per heavy atom. The van der Waals surface area contributed by atoms with Gasteiger partial charge in [0.1, 0.15) is 11.7 Å². The third-order valence-electron chi connectivity index (χ3n) is 13.9. The van der Waals surface area contributed by atoms with Crippen molar-refractivity contribution in [3.8, 4) is 0 Å². The molecule has 2 bridgehead atoms. The second kappa shape index (κ2) is 10.5. The highest BCUT2D eigenvalue weighted by Crippen LogP contribution is 2.84. The van der Waals surface area contributed by atoms with E-state index in [0.717, 1.165) is 5.56 Å². The first kappa shape index (κ1) is 33.5. The number of epoxide rings is 1. The molecule has 2 saturated heterocycles. The molecule has 8 rings (SSSR count). The Labute approximate surface area is 288 Å². The monoisotopic (exact) mass is 694 g/mol. The predicted molar refractivity (Wildman–Crippen MR) is 168 cm³/mol. The van der Waals surface area contributed by atoms with Gasteiger partial charge in [0.15, 0.2) is 18.2 Å². The minimum absolute atomic E-state index is 0.147. The van der Waals surface area contributed by atoms with Crippen molar-refractivity contribution in [2.75, 3.05) is 6.61 Å². The standard InChI is InChI=1S/C37H42O13/c1-18(38)47-25-14-24(40)36-23(32(25,3)17-46-31(36)43)15-35(44,50-30(42)20-9-7-6-8-10-20)34(5)28(36)27(41)29(48-19(2)39)33(4)22(21-11-12-45-16-21)13-26-37(33,34)49-26/h6-12,16,22-26,28-29,31,40,43-44H,13-15,17H2,1-5H3/t22-,23+,24-,25+,26+,28-,29-,31+,32-,33+,34+,35+,36+,37-/m0/s1. The third-order valence-corrected chi connectivity index (χ3v) is 13.9. The van der Waals surface area contributed by atoms with E-state index in [1.807, 2.05) is 0 Å². The fourth-order valence-corrected chi connectivity index (χ4v) is 11.9. The van der Waals surface area contributed by atoms with Gasteiger partial charge in [-0.15, -0.1) is 0 Å². The first-order chi connectivity index (χ1) is 23.5. The van der Waals surface area contributed by atoms with E-state index in [0.29, 0.717) is 6.42 Å². The van der Waals surface area contributed by atoms with Gasteiger partial charge in [0.2, 0.25) is 5.79 Å². The molecule has 0 unspecified atom stereocenters. The Morgan fingerprint density at radius 2 is 1.66 bits per heavy atom. The highest BCUT2D eigenvalue weighted by Gasteiger charge is 2.96. The van der Waals surface area contributed by atoms with E-state index in [-0.39, 0.29) is 25.0 Å². The van der Waals surface area contributed by atoms with Gasteiger partial charge in [-0.1, -0.05) is 32.0 Å². The van der Waals surface area contributed by atoms with Crippen LogP contribution in [0, 0.1) is 33.5 Å². The second-order valence-electron chi connectivity index (χ2n) is 15.8. The molecule has 50 heavy (non-hydrogen) atoms. The van der Waals surface area contributed by atoms with Crippen molar-refractivity contribution >= 4 is 23.7 Å². The Hall–Kier alpha value is -3.62. The summed E-state index contributed by atoms with van der Waals surface area (Å²) < 4.78 is 36.1. The van der Waals surface area contributed by atoms with Crippen LogP contribution in [0.5, 0.6) is 0 Å². The topological polar surface area (TPSA) is 192 Å². The van der Waals surface area contributed by atoms with Gasteiger partial charge in [-0.25, -0.2) is 4.79 Å². The minimum atomic E-state index is -2.48. The number of hydrogen-bond acceptors (Lipinski definition) is 13. The van der Waals surface area contributed by atoms with Crippen LogP contribution in [0.3, 0.4) is 0 Å². The van der Waals surface area contributed by atoms with Gasteiger partial charge in [-0.3, -0.25) is 14.4 Å². The number of carbonyl (C=O) groups is 4. The smallest absolute Gasteiger partial charge is 0.340 e. The Kier molecular flexibility index (Phi) is 7.02. The van der Waals surface area contributed by atoms with Crippen molar-refractivity contribution in [1.82, 2.24) is 0 Å². The molecule has 13 nitrogen and oxygen atoms in total. The van der Waals surface area contributed by atoms with E-state index < -0.39 is 105 Å². The Balaban J connectivity index is 1.40. The number of esters is 3. The van der Waals surface area contributed by atoms with Crippen LogP contribution in [-0.4, -0.2) is 87.7 Å². The van der Waals surface area contributed by atoms with Crippen LogP contribution in [0.4, 0.5) is 0 Å². The molecule has 6 aliphatic rings. The fraction of sp³-hybridized carbons (Fsp3) is 0.622. The number of rotatable bonds is 5. The zero-order chi connectivity index (χ0) is 35.8. The number of furan rings is 1. The van der Waals surface area contributed by atoms with Gasteiger partial charge >= 0.3 is 17.9 Å². The third kappa shape index (κ3) is 3.74. The first-order valence-electron chi connectivity index (χ1n) is 17.1. The number of hydrogen-bond donors (Lipinski definition) is 3. The summed E-state index contributed by atoms with van der Waals surface area (Å²) in [4.78, 5) is 54.8. The van der Waals surface area contributed by atoms with E-state index in [1.165, 1.54) is 32.2 Å². The number of ether oxygens (including phenoxy) is 5. The van der Waals surface area contributed by atoms with Gasteiger partial charge < -0.3 is 43.4 Å². The minimum Gasteiger partial charge on any atom is -0.472 e. The van der Waals surface area contributed by atoms with Crippen molar-refractivity contribution < 1.29 is 62.6 Å². The van der Waals surface area contributed by atoms with Crippen LogP contribution < -0.4 is 0 Å². The van der Waals surface area contributed by atoms with Gasteiger partial charge in [0.05, 0.1) is 53.1 Å². The molecule has 1 aromatic heterocycles. The lowest BCUT2D eigenvalue weighted by molar-refractivity contribution is -0.421. The van der Waals surface area contributed by atoms with Gasteiger partial charge in [0.25, 0.3) is 0 Å². The highest BCUT2D eigenvalue weighted by molar-refractivity contribution is 5.94. The number of aliphatic hydroxyl groups excluding tert-OH is 2. The summed E-state index contributed by atoms with van der Waals surface area (Å²) in [6, 6.07) is 9.87. The Morgan fingerprint density at radius 1 is 0.960 bits per heavy atom. The first-order valence-corrected chi connectivity index (χ1v) is 17.1. The van der Waals surface area contributed by atoms with Crippen LogP contribution in [0.1, 0.15) is 75.7 Å². The molecule has 3 heterocycles.